The maximum atomic E-state index is 4.59. The highest BCUT2D eigenvalue weighted by atomic mass is 32.1. The van der Waals surface area contributed by atoms with E-state index in [0.717, 1.165) is 12.8 Å². The molecule has 0 saturated heterocycles. The molecule has 0 saturated carbocycles. The van der Waals surface area contributed by atoms with Crippen molar-refractivity contribution in [2.75, 3.05) is 0 Å². The fraction of sp³-hybridized carbons (Fsp3) is 0.333. The fourth-order valence-electron chi connectivity index (χ4n) is 1.64. The van der Waals surface area contributed by atoms with Gasteiger partial charge in [0.15, 0.2) is 0 Å². The second kappa shape index (κ2) is 3.95. The number of aryl methyl sites for hydroxylation is 2. The molecule has 0 radical (unpaired) electrons. The van der Waals surface area contributed by atoms with Crippen molar-refractivity contribution in [2.24, 2.45) is 0 Å². The van der Waals surface area contributed by atoms with Gasteiger partial charge in [0.25, 0.3) is 0 Å². The first kappa shape index (κ1) is 10.1. The van der Waals surface area contributed by atoms with Gasteiger partial charge in [0.1, 0.15) is 0 Å². The van der Waals surface area contributed by atoms with Gasteiger partial charge in [0.05, 0.1) is 0 Å². The molecule has 1 aromatic carbocycles. The summed E-state index contributed by atoms with van der Waals surface area (Å²) in [6.07, 6.45) is 2.18. The van der Waals surface area contributed by atoms with Crippen molar-refractivity contribution in [3.05, 3.63) is 28.6 Å². The van der Waals surface area contributed by atoms with E-state index < -0.39 is 0 Å². The van der Waals surface area contributed by atoms with Crippen LogP contribution in [0.2, 0.25) is 0 Å². The molecule has 0 aliphatic carbocycles. The molecule has 74 valence electrons. The minimum absolute atomic E-state index is 1.08. The predicted octanol–water partition coefficient (Wildman–Crippen LogP) is 4.31. The average molecular weight is 222 g/mol. The Morgan fingerprint density at radius 3 is 2.64 bits per heavy atom. The Balaban J connectivity index is 2.68. The minimum Gasteiger partial charge on any atom is -0.142 e. The quantitative estimate of drug-likeness (QED) is 0.719. The Hall–Kier alpha value is -0.470. The van der Waals surface area contributed by atoms with E-state index in [0.29, 0.717) is 0 Å². The van der Waals surface area contributed by atoms with Crippen molar-refractivity contribution in [2.45, 2.75) is 31.6 Å². The summed E-state index contributed by atoms with van der Waals surface area (Å²) in [6.45, 7) is 4.37. The molecule has 0 aliphatic rings. The number of benzene rings is 1. The molecule has 0 amide bonds. The molecule has 14 heavy (non-hydrogen) atoms. The summed E-state index contributed by atoms with van der Waals surface area (Å²) in [5.41, 5.74) is 1.40. The molecule has 0 spiro atoms. The monoisotopic (exact) mass is 222 g/mol. The van der Waals surface area contributed by atoms with Crippen LogP contribution in [0.15, 0.2) is 23.1 Å². The molecular formula is C12H14S2. The van der Waals surface area contributed by atoms with Gasteiger partial charge in [-0.2, -0.15) is 0 Å². The number of fused-ring (bicyclic) bond motifs is 1. The average Bonchev–Trinajstić information content (AvgIpc) is 2.55. The molecule has 0 nitrogen and oxygen atoms in total. The smallest absolute Gasteiger partial charge is 0.0357 e. The first-order chi connectivity index (χ1) is 6.76. The van der Waals surface area contributed by atoms with Gasteiger partial charge in [-0.3, -0.25) is 0 Å². The Bertz CT molecular complexity index is 455. The normalized spacial score (nSPS) is 11.1. The van der Waals surface area contributed by atoms with Gasteiger partial charge in [-0.25, -0.2) is 0 Å². The van der Waals surface area contributed by atoms with E-state index in [1.165, 1.54) is 25.4 Å². The maximum absolute atomic E-state index is 4.59. The SMILES string of the molecule is CCc1ccc2sc(CC)c(S)c2c1. The minimum atomic E-state index is 1.08. The third kappa shape index (κ3) is 1.57. The molecule has 0 aliphatic heterocycles. The summed E-state index contributed by atoms with van der Waals surface area (Å²) in [4.78, 5) is 2.58. The van der Waals surface area contributed by atoms with Crippen LogP contribution in [0.25, 0.3) is 10.1 Å². The van der Waals surface area contributed by atoms with E-state index in [1.807, 2.05) is 11.3 Å². The van der Waals surface area contributed by atoms with Gasteiger partial charge in [-0.05, 0) is 30.5 Å². The van der Waals surface area contributed by atoms with Gasteiger partial charge in [0, 0.05) is 19.9 Å². The van der Waals surface area contributed by atoms with E-state index in [-0.39, 0.29) is 0 Å². The first-order valence-corrected chi connectivity index (χ1v) is 6.25. The van der Waals surface area contributed by atoms with Gasteiger partial charge in [0.2, 0.25) is 0 Å². The predicted molar refractivity (Wildman–Crippen MR) is 67.8 cm³/mol. The molecule has 0 bridgehead atoms. The topological polar surface area (TPSA) is 0 Å². The lowest BCUT2D eigenvalue weighted by atomic mass is 10.1. The van der Waals surface area contributed by atoms with Crippen molar-refractivity contribution in [3.63, 3.8) is 0 Å². The summed E-state index contributed by atoms with van der Waals surface area (Å²) in [5.74, 6) is 0. The lowest BCUT2D eigenvalue weighted by molar-refractivity contribution is 1.14. The number of thiol groups is 1. The number of thiophene rings is 1. The molecule has 0 unspecified atom stereocenters. The van der Waals surface area contributed by atoms with Crippen LogP contribution in [0.4, 0.5) is 0 Å². The zero-order valence-corrected chi connectivity index (χ0v) is 10.2. The Morgan fingerprint density at radius 1 is 1.21 bits per heavy atom. The van der Waals surface area contributed by atoms with Crippen LogP contribution >= 0.6 is 24.0 Å². The van der Waals surface area contributed by atoms with Gasteiger partial charge >= 0.3 is 0 Å². The largest absolute Gasteiger partial charge is 0.142 e. The second-order valence-electron chi connectivity index (χ2n) is 3.41. The van der Waals surface area contributed by atoms with Crippen molar-refractivity contribution < 1.29 is 0 Å². The van der Waals surface area contributed by atoms with Crippen LogP contribution in [0.3, 0.4) is 0 Å². The molecule has 0 N–H and O–H groups in total. The van der Waals surface area contributed by atoms with Crippen LogP contribution < -0.4 is 0 Å². The molecule has 0 atom stereocenters. The molecule has 2 heteroatoms. The fourth-order valence-corrected chi connectivity index (χ4v) is 3.22. The molecular weight excluding hydrogens is 208 g/mol. The third-order valence-electron chi connectivity index (χ3n) is 2.53. The van der Waals surface area contributed by atoms with Crippen LogP contribution in [-0.2, 0) is 12.8 Å². The summed E-state index contributed by atoms with van der Waals surface area (Å²) in [5, 5.41) is 1.33. The zero-order valence-electron chi connectivity index (χ0n) is 8.50. The molecule has 0 fully saturated rings. The summed E-state index contributed by atoms with van der Waals surface area (Å²) in [7, 11) is 0. The summed E-state index contributed by atoms with van der Waals surface area (Å²) in [6, 6.07) is 6.70. The Labute approximate surface area is 94.4 Å². The maximum Gasteiger partial charge on any atom is 0.0357 e. The lowest BCUT2D eigenvalue weighted by Crippen LogP contribution is -1.78. The second-order valence-corrected chi connectivity index (χ2v) is 5.00. The highest BCUT2D eigenvalue weighted by Gasteiger charge is 2.07. The summed E-state index contributed by atoms with van der Waals surface area (Å²) >= 11 is 6.46. The molecule has 2 rings (SSSR count). The van der Waals surface area contributed by atoms with Crippen molar-refractivity contribution in [1.82, 2.24) is 0 Å². The Morgan fingerprint density at radius 2 is 2.00 bits per heavy atom. The zero-order chi connectivity index (χ0) is 10.1. The van der Waals surface area contributed by atoms with Crippen LogP contribution in [0, 0.1) is 0 Å². The number of hydrogen-bond donors (Lipinski definition) is 1. The van der Waals surface area contributed by atoms with Gasteiger partial charge < -0.3 is 0 Å². The van der Waals surface area contributed by atoms with E-state index >= 15 is 0 Å². The highest BCUT2D eigenvalue weighted by Crippen LogP contribution is 2.34. The molecule has 1 heterocycles. The van der Waals surface area contributed by atoms with E-state index in [2.05, 4.69) is 44.7 Å². The Kier molecular flexibility index (Phi) is 2.84. The van der Waals surface area contributed by atoms with Crippen LogP contribution in [0.1, 0.15) is 24.3 Å². The first-order valence-electron chi connectivity index (χ1n) is 4.99. The number of rotatable bonds is 2. The number of hydrogen-bond acceptors (Lipinski definition) is 2. The third-order valence-corrected chi connectivity index (χ3v) is 4.50. The molecule has 2 aromatic rings. The lowest BCUT2D eigenvalue weighted by Gasteiger charge is -1.96. The van der Waals surface area contributed by atoms with Crippen molar-refractivity contribution in [3.8, 4) is 0 Å². The summed E-state index contributed by atoms with van der Waals surface area (Å²) < 4.78 is 1.36. The van der Waals surface area contributed by atoms with Gasteiger partial charge in [-0.15, -0.1) is 24.0 Å². The molecule has 1 aromatic heterocycles. The van der Waals surface area contributed by atoms with E-state index in [9.17, 15) is 0 Å². The van der Waals surface area contributed by atoms with Crippen LogP contribution in [-0.4, -0.2) is 0 Å². The van der Waals surface area contributed by atoms with E-state index in [1.54, 1.807) is 0 Å². The van der Waals surface area contributed by atoms with Crippen molar-refractivity contribution in [1.29, 1.82) is 0 Å². The van der Waals surface area contributed by atoms with Gasteiger partial charge in [-0.1, -0.05) is 19.9 Å². The van der Waals surface area contributed by atoms with Crippen LogP contribution in [0.5, 0.6) is 0 Å². The highest BCUT2D eigenvalue weighted by molar-refractivity contribution is 7.80. The van der Waals surface area contributed by atoms with E-state index in [4.69, 9.17) is 0 Å². The van der Waals surface area contributed by atoms with Crippen molar-refractivity contribution >= 4 is 34.1 Å². The standard InChI is InChI=1S/C12H14S2/c1-3-8-5-6-11-9(7-8)12(13)10(4-2)14-11/h5-7,13H,3-4H2,1-2H3.